The highest BCUT2D eigenvalue weighted by Crippen LogP contribution is 2.18. The molecule has 2 heterocycles. The summed E-state index contributed by atoms with van der Waals surface area (Å²) >= 11 is 0. The SMILES string of the molecule is Cc1nn(-c2ccccc2)c(C)c1CNC(=O)C1CCC(=O)NC1. The van der Waals surface area contributed by atoms with Gasteiger partial charge in [0.05, 0.1) is 17.3 Å². The van der Waals surface area contributed by atoms with E-state index in [1.54, 1.807) is 0 Å². The highest BCUT2D eigenvalue weighted by Gasteiger charge is 2.24. The Morgan fingerprint density at radius 1 is 1.33 bits per heavy atom. The molecular weight excluding hydrogens is 304 g/mol. The summed E-state index contributed by atoms with van der Waals surface area (Å²) in [5.41, 5.74) is 3.97. The zero-order valence-electron chi connectivity index (χ0n) is 14.0. The second-order valence-electron chi connectivity index (χ2n) is 6.15. The van der Waals surface area contributed by atoms with Crippen LogP contribution in [0.2, 0.25) is 0 Å². The molecule has 3 rings (SSSR count). The van der Waals surface area contributed by atoms with Gasteiger partial charge in [-0.05, 0) is 32.4 Å². The first-order valence-corrected chi connectivity index (χ1v) is 8.21. The summed E-state index contributed by atoms with van der Waals surface area (Å²) in [6.07, 6.45) is 1.03. The second-order valence-corrected chi connectivity index (χ2v) is 6.15. The summed E-state index contributed by atoms with van der Waals surface area (Å²) < 4.78 is 1.90. The fraction of sp³-hybridized carbons (Fsp3) is 0.389. The number of carbonyl (C=O) groups excluding carboxylic acids is 2. The third-order valence-corrected chi connectivity index (χ3v) is 4.52. The van der Waals surface area contributed by atoms with Crippen LogP contribution in [-0.4, -0.2) is 28.1 Å². The zero-order valence-corrected chi connectivity index (χ0v) is 14.0. The smallest absolute Gasteiger partial charge is 0.225 e. The Morgan fingerprint density at radius 2 is 2.08 bits per heavy atom. The first kappa shape index (κ1) is 16.2. The number of hydrogen-bond acceptors (Lipinski definition) is 3. The molecule has 0 saturated carbocycles. The van der Waals surface area contributed by atoms with E-state index in [0.717, 1.165) is 22.6 Å². The van der Waals surface area contributed by atoms with Crippen LogP contribution < -0.4 is 10.6 Å². The van der Waals surface area contributed by atoms with Crippen molar-refractivity contribution >= 4 is 11.8 Å². The van der Waals surface area contributed by atoms with Gasteiger partial charge in [0, 0.05) is 30.8 Å². The van der Waals surface area contributed by atoms with Gasteiger partial charge in [0.1, 0.15) is 0 Å². The molecule has 1 fully saturated rings. The van der Waals surface area contributed by atoms with E-state index >= 15 is 0 Å². The number of rotatable bonds is 4. The van der Waals surface area contributed by atoms with Gasteiger partial charge in [0.15, 0.2) is 0 Å². The molecule has 2 aromatic rings. The predicted molar refractivity (Wildman–Crippen MR) is 90.6 cm³/mol. The number of carbonyl (C=O) groups is 2. The molecule has 0 bridgehead atoms. The molecule has 2 N–H and O–H groups in total. The molecular formula is C18H22N4O2. The molecule has 1 saturated heterocycles. The summed E-state index contributed by atoms with van der Waals surface area (Å²) in [6.45, 7) is 4.84. The Labute approximate surface area is 141 Å². The maximum atomic E-state index is 12.3. The minimum Gasteiger partial charge on any atom is -0.355 e. The molecule has 1 aliphatic rings. The van der Waals surface area contributed by atoms with Gasteiger partial charge < -0.3 is 10.6 Å². The minimum atomic E-state index is -0.146. The Kier molecular flexibility index (Phi) is 4.64. The Bertz CT molecular complexity index is 742. The van der Waals surface area contributed by atoms with Crippen molar-refractivity contribution in [3.8, 4) is 5.69 Å². The molecule has 0 aliphatic carbocycles. The van der Waals surface area contributed by atoms with E-state index in [0.29, 0.717) is 25.9 Å². The maximum Gasteiger partial charge on any atom is 0.225 e. The highest BCUT2D eigenvalue weighted by atomic mass is 16.2. The van der Waals surface area contributed by atoms with E-state index in [1.807, 2.05) is 48.9 Å². The average Bonchev–Trinajstić information content (AvgIpc) is 2.88. The van der Waals surface area contributed by atoms with E-state index in [1.165, 1.54) is 0 Å². The summed E-state index contributed by atoms with van der Waals surface area (Å²) in [7, 11) is 0. The quantitative estimate of drug-likeness (QED) is 0.897. The summed E-state index contributed by atoms with van der Waals surface area (Å²) in [5.74, 6) is -0.136. The molecule has 1 unspecified atom stereocenters. The van der Waals surface area contributed by atoms with Gasteiger partial charge in [0.25, 0.3) is 0 Å². The van der Waals surface area contributed by atoms with Gasteiger partial charge in [-0.2, -0.15) is 5.10 Å². The van der Waals surface area contributed by atoms with Crippen molar-refractivity contribution in [1.82, 2.24) is 20.4 Å². The number of benzene rings is 1. The van der Waals surface area contributed by atoms with Gasteiger partial charge in [-0.3, -0.25) is 9.59 Å². The first-order chi connectivity index (χ1) is 11.6. The average molecular weight is 326 g/mol. The van der Waals surface area contributed by atoms with E-state index in [-0.39, 0.29) is 17.7 Å². The summed E-state index contributed by atoms with van der Waals surface area (Å²) in [5, 5.41) is 10.3. The molecule has 6 nitrogen and oxygen atoms in total. The number of piperidine rings is 1. The molecule has 1 aromatic carbocycles. The maximum absolute atomic E-state index is 12.3. The first-order valence-electron chi connectivity index (χ1n) is 8.21. The second kappa shape index (κ2) is 6.86. The summed E-state index contributed by atoms with van der Waals surface area (Å²) in [4.78, 5) is 23.5. The monoisotopic (exact) mass is 326 g/mol. The van der Waals surface area contributed by atoms with E-state index in [4.69, 9.17) is 0 Å². The summed E-state index contributed by atoms with van der Waals surface area (Å²) in [6, 6.07) is 9.94. The molecule has 1 aromatic heterocycles. The van der Waals surface area contributed by atoms with Crippen molar-refractivity contribution in [1.29, 1.82) is 0 Å². The van der Waals surface area contributed by atoms with Crippen molar-refractivity contribution in [2.45, 2.75) is 33.2 Å². The predicted octanol–water partition coefficient (Wildman–Crippen LogP) is 1.63. The van der Waals surface area contributed by atoms with Crippen molar-refractivity contribution in [2.24, 2.45) is 5.92 Å². The number of aryl methyl sites for hydroxylation is 1. The lowest BCUT2D eigenvalue weighted by Crippen LogP contribution is -2.42. The Hall–Kier alpha value is -2.63. The Morgan fingerprint density at radius 3 is 2.75 bits per heavy atom. The minimum absolute atomic E-state index is 0.0127. The molecule has 6 heteroatoms. The molecule has 0 radical (unpaired) electrons. The lowest BCUT2D eigenvalue weighted by atomic mass is 9.98. The normalized spacial score (nSPS) is 17.4. The van der Waals surface area contributed by atoms with Crippen molar-refractivity contribution in [2.75, 3.05) is 6.54 Å². The van der Waals surface area contributed by atoms with Gasteiger partial charge in [-0.25, -0.2) is 4.68 Å². The van der Waals surface area contributed by atoms with Gasteiger partial charge in [-0.1, -0.05) is 18.2 Å². The van der Waals surface area contributed by atoms with Crippen LogP contribution in [0, 0.1) is 19.8 Å². The molecule has 2 amide bonds. The number of nitrogens with one attached hydrogen (secondary N) is 2. The molecule has 0 spiro atoms. The highest BCUT2D eigenvalue weighted by molar-refractivity contribution is 5.83. The van der Waals surface area contributed by atoms with Crippen LogP contribution in [0.3, 0.4) is 0 Å². The molecule has 1 aliphatic heterocycles. The third kappa shape index (κ3) is 3.32. The van der Waals surface area contributed by atoms with E-state index in [9.17, 15) is 9.59 Å². The van der Waals surface area contributed by atoms with Crippen LogP contribution in [0.1, 0.15) is 29.8 Å². The van der Waals surface area contributed by atoms with Crippen LogP contribution >= 0.6 is 0 Å². The third-order valence-electron chi connectivity index (χ3n) is 4.52. The zero-order chi connectivity index (χ0) is 17.1. The van der Waals surface area contributed by atoms with Crippen LogP contribution in [0.15, 0.2) is 30.3 Å². The topological polar surface area (TPSA) is 76.0 Å². The lowest BCUT2D eigenvalue weighted by Gasteiger charge is -2.21. The number of para-hydroxylation sites is 1. The van der Waals surface area contributed by atoms with Crippen LogP contribution in [-0.2, 0) is 16.1 Å². The van der Waals surface area contributed by atoms with E-state index in [2.05, 4.69) is 15.7 Å². The molecule has 24 heavy (non-hydrogen) atoms. The van der Waals surface area contributed by atoms with Crippen molar-refractivity contribution < 1.29 is 9.59 Å². The van der Waals surface area contributed by atoms with Gasteiger partial charge in [0.2, 0.25) is 11.8 Å². The standard InChI is InChI=1S/C18H22N4O2/c1-12-16(11-20-18(24)14-8-9-17(23)19-10-14)13(2)22(21-12)15-6-4-3-5-7-15/h3-7,14H,8-11H2,1-2H3,(H,19,23)(H,20,24). The number of hydrogen-bond donors (Lipinski definition) is 2. The largest absolute Gasteiger partial charge is 0.355 e. The number of amides is 2. The lowest BCUT2D eigenvalue weighted by molar-refractivity contribution is -0.129. The fourth-order valence-corrected chi connectivity index (χ4v) is 3.03. The Balaban J connectivity index is 1.69. The number of nitrogens with zero attached hydrogens (tertiary/aromatic N) is 2. The van der Waals surface area contributed by atoms with Crippen LogP contribution in [0.4, 0.5) is 0 Å². The molecule has 1 atom stereocenters. The van der Waals surface area contributed by atoms with E-state index < -0.39 is 0 Å². The fourth-order valence-electron chi connectivity index (χ4n) is 3.03. The van der Waals surface area contributed by atoms with Crippen LogP contribution in [0.5, 0.6) is 0 Å². The molecule has 126 valence electrons. The van der Waals surface area contributed by atoms with Gasteiger partial charge >= 0.3 is 0 Å². The van der Waals surface area contributed by atoms with Crippen molar-refractivity contribution in [3.05, 3.63) is 47.3 Å². The van der Waals surface area contributed by atoms with Crippen LogP contribution in [0.25, 0.3) is 5.69 Å². The van der Waals surface area contributed by atoms with Crippen molar-refractivity contribution in [3.63, 3.8) is 0 Å². The number of aromatic nitrogens is 2. The van der Waals surface area contributed by atoms with Gasteiger partial charge in [-0.15, -0.1) is 0 Å².